The van der Waals surface area contributed by atoms with Crippen LogP contribution in [0.4, 0.5) is 0 Å². The topological polar surface area (TPSA) is 66.7 Å². The molecular weight excluding hydrogens is 477 g/mol. The SMILES string of the molecule is CCCC/C(=N\O)C(=C(c1ccc(Cl)cc1)c1ccc(Cl)cc1)S(=O)(=O)c1ccc(C)cc1. The maximum absolute atomic E-state index is 14.0. The van der Waals surface area contributed by atoms with Gasteiger partial charge in [0.05, 0.1) is 10.6 Å². The lowest BCUT2D eigenvalue weighted by Gasteiger charge is -2.18. The molecule has 4 nitrogen and oxygen atoms in total. The maximum atomic E-state index is 14.0. The molecule has 0 heterocycles. The molecule has 0 aliphatic carbocycles. The molecule has 0 bridgehead atoms. The van der Waals surface area contributed by atoms with E-state index in [1.807, 2.05) is 13.8 Å². The molecule has 1 N–H and O–H groups in total. The minimum absolute atomic E-state index is 0.0352. The minimum atomic E-state index is -4.05. The van der Waals surface area contributed by atoms with Gasteiger partial charge in [0.15, 0.2) is 0 Å². The summed E-state index contributed by atoms with van der Waals surface area (Å²) >= 11 is 12.2. The van der Waals surface area contributed by atoms with E-state index in [9.17, 15) is 13.6 Å². The summed E-state index contributed by atoms with van der Waals surface area (Å²) in [7, 11) is -4.05. The first-order valence-corrected chi connectivity index (χ1v) is 12.8. The van der Waals surface area contributed by atoms with Gasteiger partial charge in [-0.15, -0.1) is 0 Å². The number of hydrogen-bond donors (Lipinski definition) is 1. The third-order valence-corrected chi connectivity index (χ3v) is 7.62. The monoisotopic (exact) mass is 501 g/mol. The van der Waals surface area contributed by atoms with E-state index in [2.05, 4.69) is 5.16 Å². The van der Waals surface area contributed by atoms with Gasteiger partial charge in [-0.1, -0.05) is 83.7 Å². The van der Waals surface area contributed by atoms with Gasteiger partial charge in [0.25, 0.3) is 0 Å². The Kier molecular flexibility index (Phi) is 8.35. The molecule has 0 fully saturated rings. The van der Waals surface area contributed by atoms with Gasteiger partial charge in [-0.2, -0.15) is 0 Å². The van der Waals surface area contributed by atoms with Gasteiger partial charge in [0.2, 0.25) is 9.84 Å². The highest BCUT2D eigenvalue weighted by molar-refractivity contribution is 7.96. The quantitative estimate of drug-likeness (QED) is 0.196. The zero-order chi connectivity index (χ0) is 24.0. The molecule has 0 saturated carbocycles. The second kappa shape index (κ2) is 11.0. The van der Waals surface area contributed by atoms with Crippen LogP contribution in [0, 0.1) is 6.92 Å². The molecule has 172 valence electrons. The van der Waals surface area contributed by atoms with E-state index >= 15 is 0 Å². The first-order chi connectivity index (χ1) is 15.8. The Hall–Kier alpha value is -2.60. The molecule has 33 heavy (non-hydrogen) atoms. The van der Waals surface area contributed by atoms with Crippen LogP contribution in [0.25, 0.3) is 5.57 Å². The Morgan fingerprint density at radius 2 is 1.33 bits per heavy atom. The summed E-state index contributed by atoms with van der Waals surface area (Å²) in [5.74, 6) is 0. The lowest BCUT2D eigenvalue weighted by Crippen LogP contribution is -2.17. The number of halogens is 2. The van der Waals surface area contributed by atoms with Crippen molar-refractivity contribution < 1.29 is 13.6 Å². The number of rotatable bonds is 8. The predicted molar refractivity (Wildman–Crippen MR) is 136 cm³/mol. The van der Waals surface area contributed by atoms with Crippen LogP contribution >= 0.6 is 23.2 Å². The molecule has 3 aromatic rings. The number of sulfone groups is 1. The van der Waals surface area contributed by atoms with Gasteiger partial charge >= 0.3 is 0 Å². The lowest BCUT2D eigenvalue weighted by atomic mass is 9.95. The molecule has 0 radical (unpaired) electrons. The van der Waals surface area contributed by atoms with Crippen LogP contribution in [0.3, 0.4) is 0 Å². The van der Waals surface area contributed by atoms with E-state index in [1.165, 1.54) is 0 Å². The number of unbranched alkanes of at least 4 members (excludes halogenated alkanes) is 1. The van der Waals surface area contributed by atoms with Gasteiger partial charge in [-0.3, -0.25) is 0 Å². The van der Waals surface area contributed by atoms with Crippen molar-refractivity contribution in [3.8, 4) is 0 Å². The molecule has 0 aliphatic rings. The Balaban J connectivity index is 2.43. The Morgan fingerprint density at radius 3 is 1.76 bits per heavy atom. The summed E-state index contributed by atoms with van der Waals surface area (Å²) in [5, 5.41) is 14.5. The largest absolute Gasteiger partial charge is 0.411 e. The summed E-state index contributed by atoms with van der Waals surface area (Å²) in [5.41, 5.74) is 2.73. The molecule has 0 aromatic heterocycles. The van der Waals surface area contributed by atoms with Gasteiger partial charge in [0.1, 0.15) is 4.91 Å². The van der Waals surface area contributed by atoms with E-state index in [4.69, 9.17) is 23.2 Å². The van der Waals surface area contributed by atoms with Crippen molar-refractivity contribution in [3.05, 3.63) is 104 Å². The average Bonchev–Trinajstić information content (AvgIpc) is 2.80. The van der Waals surface area contributed by atoms with Crippen molar-refractivity contribution in [2.75, 3.05) is 0 Å². The van der Waals surface area contributed by atoms with Crippen LogP contribution in [0.1, 0.15) is 42.9 Å². The maximum Gasteiger partial charge on any atom is 0.209 e. The molecule has 0 atom stereocenters. The number of benzene rings is 3. The zero-order valence-electron chi connectivity index (χ0n) is 18.4. The Bertz CT molecular complexity index is 1220. The highest BCUT2D eigenvalue weighted by atomic mass is 35.5. The van der Waals surface area contributed by atoms with Crippen LogP contribution in [-0.4, -0.2) is 19.3 Å². The first kappa shape index (κ1) is 25.0. The molecule has 0 unspecified atom stereocenters. The number of hydrogen-bond acceptors (Lipinski definition) is 4. The van der Waals surface area contributed by atoms with Crippen LogP contribution in [-0.2, 0) is 9.84 Å². The van der Waals surface area contributed by atoms with Crippen molar-refractivity contribution in [2.24, 2.45) is 5.16 Å². The van der Waals surface area contributed by atoms with Crippen molar-refractivity contribution in [1.29, 1.82) is 0 Å². The van der Waals surface area contributed by atoms with E-state index in [1.54, 1.807) is 72.8 Å². The van der Waals surface area contributed by atoms with Crippen molar-refractivity contribution >= 4 is 44.3 Å². The second-order valence-electron chi connectivity index (χ2n) is 7.68. The smallest absolute Gasteiger partial charge is 0.209 e. The van der Waals surface area contributed by atoms with Crippen LogP contribution in [0.5, 0.6) is 0 Å². The zero-order valence-corrected chi connectivity index (χ0v) is 20.8. The summed E-state index contributed by atoms with van der Waals surface area (Å²) < 4.78 is 28.1. The van der Waals surface area contributed by atoms with E-state index in [0.717, 1.165) is 12.0 Å². The van der Waals surface area contributed by atoms with E-state index in [0.29, 0.717) is 39.6 Å². The molecule has 3 aromatic carbocycles. The fraction of sp³-hybridized carbons (Fsp3) is 0.192. The molecule has 0 amide bonds. The summed E-state index contributed by atoms with van der Waals surface area (Å²) in [6.45, 7) is 3.88. The Morgan fingerprint density at radius 1 is 0.848 bits per heavy atom. The van der Waals surface area contributed by atoms with Gasteiger partial charge in [0, 0.05) is 15.6 Å². The van der Waals surface area contributed by atoms with Gasteiger partial charge in [-0.05, 0) is 67.3 Å². The van der Waals surface area contributed by atoms with E-state index in [-0.39, 0.29) is 15.5 Å². The Labute approximate surface area is 205 Å². The minimum Gasteiger partial charge on any atom is -0.411 e. The van der Waals surface area contributed by atoms with E-state index < -0.39 is 9.84 Å². The molecule has 0 saturated heterocycles. The molecular formula is C26H25Cl2NO3S. The average molecular weight is 502 g/mol. The number of allylic oxidation sites excluding steroid dienone is 1. The third-order valence-electron chi connectivity index (χ3n) is 5.24. The van der Waals surface area contributed by atoms with Crippen molar-refractivity contribution in [1.82, 2.24) is 0 Å². The van der Waals surface area contributed by atoms with Gasteiger partial charge < -0.3 is 5.21 Å². The third kappa shape index (κ3) is 5.85. The van der Waals surface area contributed by atoms with Crippen LogP contribution in [0.15, 0.2) is 87.8 Å². The normalized spacial score (nSPS) is 11.9. The summed E-state index contributed by atoms with van der Waals surface area (Å²) in [4.78, 5) is 0.0909. The standard InChI is InChI=1S/C26H25Cl2NO3S/c1-3-4-5-24(29-30)26(33(31,32)23-16-6-18(2)7-17-23)25(19-8-12-21(27)13-9-19)20-10-14-22(28)15-11-20/h6-17,30H,3-5H2,1-2H3/b29-24+. The first-order valence-electron chi connectivity index (χ1n) is 10.6. The highest BCUT2D eigenvalue weighted by Gasteiger charge is 2.30. The number of nitrogens with zero attached hydrogens (tertiary/aromatic N) is 1. The number of oxime groups is 1. The second-order valence-corrected chi connectivity index (χ2v) is 10.4. The number of aryl methyl sites for hydroxylation is 1. The van der Waals surface area contributed by atoms with Crippen molar-refractivity contribution in [3.63, 3.8) is 0 Å². The molecule has 7 heteroatoms. The van der Waals surface area contributed by atoms with Crippen LogP contribution in [0.2, 0.25) is 10.0 Å². The van der Waals surface area contributed by atoms with Crippen LogP contribution < -0.4 is 0 Å². The fourth-order valence-corrected chi connectivity index (χ4v) is 5.42. The molecule has 3 rings (SSSR count). The summed E-state index contributed by atoms with van der Waals surface area (Å²) in [6.07, 6.45) is 1.78. The lowest BCUT2D eigenvalue weighted by molar-refractivity contribution is 0.318. The van der Waals surface area contributed by atoms with Crippen molar-refractivity contribution in [2.45, 2.75) is 38.0 Å². The molecule has 0 spiro atoms. The molecule has 0 aliphatic heterocycles. The van der Waals surface area contributed by atoms with Gasteiger partial charge in [-0.25, -0.2) is 8.42 Å². The highest BCUT2D eigenvalue weighted by Crippen LogP contribution is 2.35. The summed E-state index contributed by atoms with van der Waals surface area (Å²) in [6, 6.07) is 20.5. The predicted octanol–water partition coefficient (Wildman–Crippen LogP) is 7.56. The fourth-order valence-electron chi connectivity index (χ4n) is 3.48.